The van der Waals surface area contributed by atoms with Crippen LogP contribution < -0.4 is 14.8 Å². The summed E-state index contributed by atoms with van der Waals surface area (Å²) in [6.07, 6.45) is 2.67. The second kappa shape index (κ2) is 7.13. The highest BCUT2D eigenvalue weighted by atomic mass is 16.7. The van der Waals surface area contributed by atoms with Gasteiger partial charge >= 0.3 is 0 Å². The molecule has 2 atom stereocenters. The van der Waals surface area contributed by atoms with E-state index in [4.69, 9.17) is 14.2 Å². The van der Waals surface area contributed by atoms with E-state index in [0.29, 0.717) is 30.3 Å². The number of rotatable bonds is 4. The van der Waals surface area contributed by atoms with Gasteiger partial charge in [-0.25, -0.2) is 0 Å². The van der Waals surface area contributed by atoms with Crippen molar-refractivity contribution in [3.05, 3.63) is 65.9 Å². The normalized spacial score (nSPS) is 20.4. The first-order valence-corrected chi connectivity index (χ1v) is 9.39. The third kappa shape index (κ3) is 3.16. The van der Waals surface area contributed by atoms with Gasteiger partial charge in [-0.15, -0.1) is 0 Å². The van der Waals surface area contributed by atoms with Gasteiger partial charge in [-0.05, 0) is 42.3 Å². The summed E-state index contributed by atoms with van der Waals surface area (Å²) in [4.78, 5) is 17.2. The molecule has 0 saturated carbocycles. The van der Waals surface area contributed by atoms with Crippen molar-refractivity contribution in [3.63, 3.8) is 0 Å². The zero-order valence-electron chi connectivity index (χ0n) is 15.3. The number of benzene rings is 2. The van der Waals surface area contributed by atoms with E-state index in [0.717, 1.165) is 17.3 Å². The van der Waals surface area contributed by atoms with Crippen LogP contribution >= 0.6 is 0 Å². The minimum atomic E-state index is -0.126. The van der Waals surface area contributed by atoms with E-state index >= 15 is 0 Å². The molecular weight excluding hydrogens is 356 g/mol. The third-order valence-electron chi connectivity index (χ3n) is 5.37. The Morgan fingerprint density at radius 1 is 1.07 bits per heavy atom. The van der Waals surface area contributed by atoms with Gasteiger partial charge in [0.25, 0.3) is 5.91 Å². The second-order valence-electron chi connectivity index (χ2n) is 7.14. The van der Waals surface area contributed by atoms with Crippen molar-refractivity contribution in [1.29, 1.82) is 0 Å². The highest BCUT2D eigenvalue weighted by Gasteiger charge is 2.30. The molecule has 142 valence electrons. The number of amides is 1. The summed E-state index contributed by atoms with van der Waals surface area (Å²) >= 11 is 0. The van der Waals surface area contributed by atoms with Crippen molar-refractivity contribution < 1.29 is 19.0 Å². The van der Waals surface area contributed by atoms with Gasteiger partial charge in [0.15, 0.2) is 11.5 Å². The number of carbonyl (C=O) groups is 1. The Bertz CT molecular complexity index is 1030. The Kier molecular flexibility index (Phi) is 4.33. The van der Waals surface area contributed by atoms with Crippen LogP contribution in [0.15, 0.2) is 54.7 Å². The predicted octanol–water partition coefficient (Wildman–Crippen LogP) is 2.95. The van der Waals surface area contributed by atoms with Crippen LogP contribution in [0.3, 0.4) is 0 Å². The van der Waals surface area contributed by atoms with E-state index in [2.05, 4.69) is 22.4 Å². The number of pyridine rings is 1. The van der Waals surface area contributed by atoms with Gasteiger partial charge in [0.2, 0.25) is 6.79 Å². The molecule has 5 rings (SSSR count). The van der Waals surface area contributed by atoms with Crippen LogP contribution in [0.5, 0.6) is 11.5 Å². The number of para-hydroxylation sites is 1. The van der Waals surface area contributed by atoms with Gasteiger partial charge in [-0.3, -0.25) is 9.78 Å². The summed E-state index contributed by atoms with van der Waals surface area (Å²) in [5, 5.41) is 4.28. The zero-order chi connectivity index (χ0) is 18.9. The Hall–Kier alpha value is -3.12. The lowest BCUT2D eigenvalue weighted by atomic mass is 9.93. The average molecular weight is 376 g/mol. The monoisotopic (exact) mass is 376 g/mol. The molecule has 0 bridgehead atoms. The SMILES string of the molecule is O=C(N[C@@H]1COC[C@H]1Cc1ccnc2ccccc12)c1ccc2c(c1)OCO2. The lowest BCUT2D eigenvalue weighted by Crippen LogP contribution is -2.40. The van der Waals surface area contributed by atoms with Gasteiger partial charge in [-0.1, -0.05) is 18.2 Å². The summed E-state index contributed by atoms with van der Waals surface area (Å²) in [5.74, 6) is 1.36. The van der Waals surface area contributed by atoms with Crippen molar-refractivity contribution in [2.75, 3.05) is 20.0 Å². The number of hydrogen-bond acceptors (Lipinski definition) is 5. The molecule has 0 radical (unpaired) electrons. The van der Waals surface area contributed by atoms with Gasteiger partial charge < -0.3 is 19.5 Å². The highest BCUT2D eigenvalue weighted by molar-refractivity contribution is 5.95. The molecule has 3 aromatic rings. The Morgan fingerprint density at radius 2 is 1.96 bits per heavy atom. The molecule has 1 saturated heterocycles. The molecule has 2 aliphatic rings. The van der Waals surface area contributed by atoms with Crippen LogP contribution in [0.4, 0.5) is 0 Å². The summed E-state index contributed by atoms with van der Waals surface area (Å²) in [6, 6.07) is 15.4. The molecule has 2 aromatic carbocycles. The molecule has 3 heterocycles. The third-order valence-corrected chi connectivity index (χ3v) is 5.37. The molecule has 6 nitrogen and oxygen atoms in total. The molecule has 1 aromatic heterocycles. The number of carbonyl (C=O) groups excluding carboxylic acids is 1. The first-order valence-electron chi connectivity index (χ1n) is 9.39. The van der Waals surface area contributed by atoms with Gasteiger partial charge in [0.05, 0.1) is 24.8 Å². The second-order valence-corrected chi connectivity index (χ2v) is 7.14. The predicted molar refractivity (Wildman–Crippen MR) is 104 cm³/mol. The fraction of sp³-hybridized carbons (Fsp3) is 0.273. The highest BCUT2D eigenvalue weighted by Crippen LogP contribution is 2.32. The van der Waals surface area contributed by atoms with Gasteiger partial charge in [0.1, 0.15) is 0 Å². The quantitative estimate of drug-likeness (QED) is 0.758. The molecule has 2 aliphatic heterocycles. The Balaban J connectivity index is 1.32. The van der Waals surface area contributed by atoms with Crippen molar-refractivity contribution in [2.24, 2.45) is 5.92 Å². The van der Waals surface area contributed by atoms with Crippen LogP contribution in [0.1, 0.15) is 15.9 Å². The fourth-order valence-corrected chi connectivity index (χ4v) is 3.86. The molecule has 0 unspecified atom stereocenters. The van der Waals surface area contributed by atoms with E-state index in [1.54, 1.807) is 18.2 Å². The summed E-state index contributed by atoms with van der Waals surface area (Å²) in [7, 11) is 0. The minimum Gasteiger partial charge on any atom is -0.454 e. The van der Waals surface area contributed by atoms with E-state index < -0.39 is 0 Å². The standard InChI is InChI=1S/C22H20N2O4/c25-22(15-5-6-20-21(10-15)28-13-27-20)24-19-12-26-11-16(19)9-14-7-8-23-18-4-2-1-3-17(14)18/h1-8,10,16,19H,9,11-13H2,(H,24,25)/t16-,19-/m1/s1. The molecule has 6 heteroatoms. The maximum Gasteiger partial charge on any atom is 0.251 e. The molecule has 1 N–H and O–H groups in total. The largest absolute Gasteiger partial charge is 0.454 e. The zero-order valence-corrected chi connectivity index (χ0v) is 15.3. The van der Waals surface area contributed by atoms with Crippen LogP contribution in [0.2, 0.25) is 0 Å². The molecule has 0 spiro atoms. The van der Waals surface area contributed by atoms with E-state index in [-0.39, 0.29) is 24.7 Å². The first-order chi connectivity index (χ1) is 13.8. The number of fused-ring (bicyclic) bond motifs is 2. The summed E-state index contributed by atoms with van der Waals surface area (Å²) in [6.45, 7) is 1.34. The molecule has 0 aliphatic carbocycles. The number of hydrogen-bond donors (Lipinski definition) is 1. The van der Waals surface area contributed by atoms with E-state index in [1.165, 1.54) is 5.56 Å². The number of aromatic nitrogens is 1. The van der Waals surface area contributed by atoms with E-state index in [1.807, 2.05) is 24.4 Å². The summed E-state index contributed by atoms with van der Waals surface area (Å²) < 4.78 is 16.4. The fourth-order valence-electron chi connectivity index (χ4n) is 3.86. The minimum absolute atomic E-state index is 0.0372. The lowest BCUT2D eigenvalue weighted by Gasteiger charge is -2.20. The van der Waals surface area contributed by atoms with Crippen LogP contribution in [-0.4, -0.2) is 36.9 Å². The van der Waals surface area contributed by atoms with Crippen LogP contribution in [0.25, 0.3) is 10.9 Å². The van der Waals surface area contributed by atoms with Crippen LogP contribution in [-0.2, 0) is 11.2 Å². The Labute approximate surface area is 162 Å². The smallest absolute Gasteiger partial charge is 0.251 e. The van der Waals surface area contributed by atoms with Crippen LogP contribution in [0, 0.1) is 5.92 Å². The molecule has 1 fully saturated rings. The van der Waals surface area contributed by atoms with Crippen molar-refractivity contribution in [2.45, 2.75) is 12.5 Å². The van der Waals surface area contributed by atoms with Gasteiger partial charge in [0, 0.05) is 23.1 Å². The number of nitrogens with zero attached hydrogens (tertiary/aromatic N) is 1. The molecular formula is C22H20N2O4. The molecule has 1 amide bonds. The van der Waals surface area contributed by atoms with Crippen molar-refractivity contribution in [1.82, 2.24) is 10.3 Å². The summed E-state index contributed by atoms with van der Waals surface area (Å²) in [5.41, 5.74) is 2.77. The maximum atomic E-state index is 12.7. The maximum absolute atomic E-state index is 12.7. The van der Waals surface area contributed by atoms with Crippen molar-refractivity contribution >= 4 is 16.8 Å². The van der Waals surface area contributed by atoms with E-state index in [9.17, 15) is 4.79 Å². The Morgan fingerprint density at radius 3 is 2.93 bits per heavy atom. The number of nitrogens with one attached hydrogen (secondary N) is 1. The van der Waals surface area contributed by atoms with Crippen molar-refractivity contribution in [3.8, 4) is 11.5 Å². The lowest BCUT2D eigenvalue weighted by molar-refractivity contribution is 0.0924. The first kappa shape index (κ1) is 17.0. The molecule has 28 heavy (non-hydrogen) atoms. The topological polar surface area (TPSA) is 69.7 Å². The number of ether oxygens (including phenoxy) is 3. The average Bonchev–Trinajstić information content (AvgIpc) is 3.37. The van der Waals surface area contributed by atoms with Gasteiger partial charge in [-0.2, -0.15) is 0 Å².